The number of carbonyl (C=O) groups excluding carboxylic acids is 1. The standard InChI is InChI=1S/C18H23NO2/c1-13-5-9-17(10-6-13)19-18(21)16-8-7-15(4-3-11-20)14(2)12-16/h7-8,12-13,17,20H,5-6,9-11H2,1-2H3,(H,19,21). The topological polar surface area (TPSA) is 49.3 Å². The van der Waals surface area contributed by atoms with Gasteiger partial charge in [-0.2, -0.15) is 0 Å². The molecule has 0 saturated heterocycles. The molecule has 1 aromatic carbocycles. The van der Waals surface area contributed by atoms with Crippen molar-refractivity contribution >= 4 is 5.91 Å². The van der Waals surface area contributed by atoms with E-state index in [4.69, 9.17) is 5.11 Å². The molecule has 21 heavy (non-hydrogen) atoms. The van der Waals surface area contributed by atoms with E-state index in [9.17, 15) is 4.79 Å². The molecule has 112 valence electrons. The van der Waals surface area contributed by atoms with E-state index in [-0.39, 0.29) is 12.5 Å². The van der Waals surface area contributed by atoms with E-state index >= 15 is 0 Å². The number of rotatable bonds is 2. The van der Waals surface area contributed by atoms with Gasteiger partial charge in [-0.3, -0.25) is 4.79 Å². The van der Waals surface area contributed by atoms with Crippen molar-refractivity contribution in [2.75, 3.05) is 6.61 Å². The number of amides is 1. The van der Waals surface area contributed by atoms with Crippen molar-refractivity contribution in [2.24, 2.45) is 5.92 Å². The molecular formula is C18H23NO2. The highest BCUT2D eigenvalue weighted by molar-refractivity contribution is 5.94. The predicted molar refractivity (Wildman–Crippen MR) is 84.0 cm³/mol. The van der Waals surface area contributed by atoms with Gasteiger partial charge in [-0.15, -0.1) is 0 Å². The minimum absolute atomic E-state index is 0.000629. The van der Waals surface area contributed by atoms with Gasteiger partial charge in [-0.1, -0.05) is 18.8 Å². The maximum atomic E-state index is 12.3. The molecule has 1 amide bonds. The summed E-state index contributed by atoms with van der Waals surface area (Å²) < 4.78 is 0. The van der Waals surface area contributed by atoms with Gasteiger partial charge in [0.05, 0.1) is 0 Å². The van der Waals surface area contributed by atoms with Gasteiger partial charge in [-0.05, 0) is 62.3 Å². The molecule has 2 rings (SSSR count). The average molecular weight is 285 g/mol. The number of aliphatic hydroxyl groups excluding tert-OH is 1. The van der Waals surface area contributed by atoms with Gasteiger partial charge < -0.3 is 10.4 Å². The summed E-state index contributed by atoms with van der Waals surface area (Å²) in [6.07, 6.45) is 4.54. The number of nitrogens with one attached hydrogen (secondary N) is 1. The lowest BCUT2D eigenvalue weighted by molar-refractivity contribution is 0.0923. The molecule has 0 aromatic heterocycles. The molecule has 1 aromatic rings. The van der Waals surface area contributed by atoms with Crippen LogP contribution in [0.3, 0.4) is 0 Å². The summed E-state index contributed by atoms with van der Waals surface area (Å²) in [6, 6.07) is 5.82. The third kappa shape index (κ3) is 4.34. The Hall–Kier alpha value is -1.79. The molecule has 2 N–H and O–H groups in total. The molecule has 0 bridgehead atoms. The number of aliphatic hydroxyl groups is 1. The highest BCUT2D eigenvalue weighted by Gasteiger charge is 2.20. The van der Waals surface area contributed by atoms with E-state index in [2.05, 4.69) is 24.1 Å². The van der Waals surface area contributed by atoms with Gasteiger partial charge in [0.2, 0.25) is 0 Å². The van der Waals surface area contributed by atoms with Gasteiger partial charge >= 0.3 is 0 Å². The Bertz CT molecular complexity index is 560. The Kier molecular flexibility index (Phi) is 5.41. The highest BCUT2D eigenvalue weighted by atomic mass is 16.2. The molecule has 0 aliphatic heterocycles. The molecule has 0 spiro atoms. The van der Waals surface area contributed by atoms with E-state index in [0.717, 1.165) is 29.9 Å². The average Bonchev–Trinajstić information content (AvgIpc) is 2.48. The second kappa shape index (κ2) is 7.28. The molecule has 0 radical (unpaired) electrons. The third-order valence-corrected chi connectivity index (χ3v) is 4.14. The van der Waals surface area contributed by atoms with Gasteiger partial charge in [0.15, 0.2) is 0 Å². The van der Waals surface area contributed by atoms with Crippen molar-refractivity contribution in [2.45, 2.75) is 45.6 Å². The van der Waals surface area contributed by atoms with Crippen molar-refractivity contribution in [3.8, 4) is 11.8 Å². The second-order valence-corrected chi connectivity index (χ2v) is 5.92. The molecule has 1 aliphatic rings. The Balaban J connectivity index is 2.01. The van der Waals surface area contributed by atoms with E-state index < -0.39 is 0 Å². The molecule has 1 aliphatic carbocycles. The largest absolute Gasteiger partial charge is 0.384 e. The lowest BCUT2D eigenvalue weighted by Gasteiger charge is -2.27. The van der Waals surface area contributed by atoms with Crippen LogP contribution in [0.1, 0.15) is 54.1 Å². The van der Waals surface area contributed by atoms with Crippen molar-refractivity contribution in [1.82, 2.24) is 5.32 Å². The Morgan fingerprint density at radius 1 is 1.33 bits per heavy atom. The molecule has 0 heterocycles. The number of aryl methyl sites for hydroxylation is 1. The number of benzene rings is 1. The van der Waals surface area contributed by atoms with Crippen molar-refractivity contribution in [3.63, 3.8) is 0 Å². The van der Waals surface area contributed by atoms with Gasteiger partial charge in [0, 0.05) is 17.2 Å². The van der Waals surface area contributed by atoms with Gasteiger partial charge in [0.1, 0.15) is 6.61 Å². The number of hydrogen-bond donors (Lipinski definition) is 2. The van der Waals surface area contributed by atoms with E-state index in [0.29, 0.717) is 11.6 Å². The van der Waals surface area contributed by atoms with Crippen LogP contribution in [-0.2, 0) is 0 Å². The maximum absolute atomic E-state index is 12.3. The summed E-state index contributed by atoms with van der Waals surface area (Å²) in [5.74, 6) is 6.29. The summed E-state index contributed by atoms with van der Waals surface area (Å²) in [5, 5.41) is 11.9. The summed E-state index contributed by atoms with van der Waals surface area (Å²) >= 11 is 0. The van der Waals surface area contributed by atoms with Crippen molar-refractivity contribution in [1.29, 1.82) is 0 Å². The van der Waals surface area contributed by atoms with Gasteiger partial charge in [0.25, 0.3) is 5.91 Å². The van der Waals surface area contributed by atoms with Crippen LogP contribution in [0.25, 0.3) is 0 Å². The first kappa shape index (κ1) is 15.6. The minimum Gasteiger partial charge on any atom is -0.384 e. The van der Waals surface area contributed by atoms with Crippen LogP contribution >= 0.6 is 0 Å². The third-order valence-electron chi connectivity index (χ3n) is 4.14. The molecule has 0 unspecified atom stereocenters. The molecule has 3 nitrogen and oxygen atoms in total. The monoisotopic (exact) mass is 285 g/mol. The Labute approximate surface area is 126 Å². The maximum Gasteiger partial charge on any atom is 0.251 e. The second-order valence-electron chi connectivity index (χ2n) is 5.92. The summed E-state index contributed by atoms with van der Waals surface area (Å²) in [7, 11) is 0. The lowest BCUT2D eigenvalue weighted by atomic mass is 9.87. The fourth-order valence-corrected chi connectivity index (χ4v) is 2.75. The van der Waals surface area contributed by atoms with Crippen LogP contribution in [-0.4, -0.2) is 23.7 Å². The first-order valence-electron chi connectivity index (χ1n) is 7.61. The Morgan fingerprint density at radius 2 is 2.05 bits per heavy atom. The van der Waals surface area contributed by atoms with Crippen molar-refractivity contribution < 1.29 is 9.90 Å². The highest BCUT2D eigenvalue weighted by Crippen LogP contribution is 2.23. The fourth-order valence-electron chi connectivity index (χ4n) is 2.75. The summed E-state index contributed by atoms with van der Waals surface area (Å²) in [6.45, 7) is 4.05. The molecule has 0 atom stereocenters. The van der Waals surface area contributed by atoms with E-state index in [1.807, 2.05) is 19.1 Å². The molecular weight excluding hydrogens is 262 g/mol. The quantitative estimate of drug-likeness (QED) is 0.821. The smallest absolute Gasteiger partial charge is 0.251 e. The van der Waals surface area contributed by atoms with Gasteiger partial charge in [-0.25, -0.2) is 0 Å². The van der Waals surface area contributed by atoms with Crippen LogP contribution in [0.4, 0.5) is 0 Å². The lowest BCUT2D eigenvalue weighted by Crippen LogP contribution is -2.37. The zero-order valence-electron chi connectivity index (χ0n) is 12.8. The number of hydrogen-bond acceptors (Lipinski definition) is 2. The van der Waals surface area contributed by atoms with Crippen LogP contribution < -0.4 is 5.32 Å². The minimum atomic E-state index is -0.151. The van der Waals surface area contributed by atoms with Crippen LogP contribution in [0.5, 0.6) is 0 Å². The van der Waals surface area contributed by atoms with Crippen LogP contribution in [0.15, 0.2) is 18.2 Å². The first-order valence-corrected chi connectivity index (χ1v) is 7.61. The molecule has 1 fully saturated rings. The normalized spacial score (nSPS) is 21.3. The molecule has 3 heteroatoms. The van der Waals surface area contributed by atoms with E-state index in [1.165, 1.54) is 12.8 Å². The summed E-state index contributed by atoms with van der Waals surface area (Å²) in [5.41, 5.74) is 2.49. The van der Waals surface area contributed by atoms with Crippen LogP contribution in [0.2, 0.25) is 0 Å². The Morgan fingerprint density at radius 3 is 2.67 bits per heavy atom. The van der Waals surface area contributed by atoms with Crippen molar-refractivity contribution in [3.05, 3.63) is 34.9 Å². The van der Waals surface area contributed by atoms with E-state index in [1.54, 1.807) is 6.07 Å². The predicted octanol–water partition coefficient (Wildman–Crippen LogP) is 2.65. The summed E-state index contributed by atoms with van der Waals surface area (Å²) in [4.78, 5) is 12.3. The molecule has 1 saturated carbocycles. The van der Waals surface area contributed by atoms with Crippen LogP contribution in [0, 0.1) is 24.7 Å². The first-order chi connectivity index (χ1) is 10.1. The zero-order chi connectivity index (χ0) is 15.2. The fraction of sp³-hybridized carbons (Fsp3) is 0.500. The number of carbonyl (C=O) groups is 1. The SMILES string of the molecule is Cc1cc(C(=O)NC2CCC(C)CC2)ccc1C#CCO. The zero-order valence-corrected chi connectivity index (χ0v) is 12.8.